The highest BCUT2D eigenvalue weighted by Gasteiger charge is 2.28. The fourth-order valence-electron chi connectivity index (χ4n) is 2.60. The van der Waals surface area contributed by atoms with Crippen LogP contribution in [0.15, 0.2) is 23.0 Å². The number of hydrogen-bond donors (Lipinski definition) is 2. The molecule has 0 unspecified atom stereocenters. The number of nitrogens with one attached hydrogen (secondary N) is 2. The predicted molar refractivity (Wildman–Crippen MR) is 73.6 cm³/mol. The van der Waals surface area contributed by atoms with Crippen molar-refractivity contribution in [2.75, 3.05) is 13.2 Å². The first-order chi connectivity index (χ1) is 10.2. The van der Waals surface area contributed by atoms with Gasteiger partial charge in [-0.25, -0.2) is 4.98 Å². The lowest BCUT2D eigenvalue weighted by atomic mass is 9.91. The first-order valence-corrected chi connectivity index (χ1v) is 7.05. The Hall–Kier alpha value is -2.15. The molecule has 3 heterocycles. The van der Waals surface area contributed by atoms with Crippen LogP contribution in [-0.4, -0.2) is 34.2 Å². The van der Waals surface area contributed by atoms with E-state index in [1.807, 2.05) is 6.20 Å². The molecule has 1 amide bonds. The van der Waals surface area contributed by atoms with Gasteiger partial charge in [0.1, 0.15) is 5.76 Å². The number of aryl methyl sites for hydroxylation is 1. The summed E-state index contributed by atoms with van der Waals surface area (Å²) >= 11 is 0. The number of hydrogen-bond acceptors (Lipinski definition) is 5. The van der Waals surface area contributed by atoms with Gasteiger partial charge in [-0.1, -0.05) is 0 Å². The van der Waals surface area contributed by atoms with Gasteiger partial charge in [0.15, 0.2) is 0 Å². The molecule has 0 spiro atoms. The number of aromatic nitrogens is 3. The Morgan fingerprint density at radius 2 is 2.43 bits per heavy atom. The lowest BCUT2D eigenvalue weighted by Crippen LogP contribution is -2.35. The number of carbonyl (C=O) groups is 1. The summed E-state index contributed by atoms with van der Waals surface area (Å²) in [5, 5.41) is 9.63. The Morgan fingerprint density at radius 1 is 1.52 bits per heavy atom. The number of aromatic amines is 1. The van der Waals surface area contributed by atoms with Crippen LogP contribution in [0.25, 0.3) is 0 Å². The zero-order valence-electron chi connectivity index (χ0n) is 11.8. The Kier molecular flexibility index (Phi) is 4.01. The minimum Gasteiger partial charge on any atom is -0.438 e. The van der Waals surface area contributed by atoms with E-state index in [9.17, 15) is 4.79 Å². The third-order valence-electron chi connectivity index (χ3n) is 3.63. The molecular formula is C14H18N4O3. The minimum absolute atomic E-state index is 0.0379. The average molecular weight is 290 g/mol. The maximum Gasteiger partial charge on any atom is 0.307 e. The summed E-state index contributed by atoms with van der Waals surface area (Å²) in [5.41, 5.74) is 1.01. The van der Waals surface area contributed by atoms with E-state index < -0.39 is 0 Å². The molecule has 2 N–H and O–H groups in total. The Morgan fingerprint density at radius 3 is 3.14 bits per heavy atom. The maximum absolute atomic E-state index is 12.0. The average Bonchev–Trinajstić information content (AvgIpc) is 3.16. The number of nitrogens with zero attached hydrogens (tertiary/aromatic N) is 2. The van der Waals surface area contributed by atoms with Crippen LogP contribution in [-0.2, 0) is 4.74 Å². The van der Waals surface area contributed by atoms with Crippen molar-refractivity contribution >= 4 is 5.91 Å². The molecule has 2 aromatic rings. The van der Waals surface area contributed by atoms with E-state index in [0.717, 1.165) is 25.0 Å². The third-order valence-corrected chi connectivity index (χ3v) is 3.63. The summed E-state index contributed by atoms with van der Waals surface area (Å²) < 4.78 is 11.0. The summed E-state index contributed by atoms with van der Waals surface area (Å²) in [6.07, 6.45) is 7.09. The molecule has 1 saturated heterocycles. The molecule has 0 aromatic carbocycles. The predicted octanol–water partition coefficient (Wildman–Crippen LogP) is 1.60. The fourth-order valence-corrected chi connectivity index (χ4v) is 2.60. The van der Waals surface area contributed by atoms with Crippen LogP contribution in [0.5, 0.6) is 0 Å². The minimum atomic E-state index is -0.292. The number of H-pyrrole nitrogens is 1. The van der Waals surface area contributed by atoms with Gasteiger partial charge in [-0.2, -0.15) is 5.10 Å². The topological polar surface area (TPSA) is 93.0 Å². The van der Waals surface area contributed by atoms with E-state index in [1.54, 1.807) is 13.1 Å². The lowest BCUT2D eigenvalue weighted by molar-refractivity contribution is -0.0273. The highest BCUT2D eigenvalue weighted by Crippen LogP contribution is 2.32. The van der Waals surface area contributed by atoms with E-state index in [1.165, 1.54) is 6.20 Å². The Bertz CT molecular complexity index is 593. The Labute approximate surface area is 122 Å². The van der Waals surface area contributed by atoms with Crippen molar-refractivity contribution in [2.24, 2.45) is 5.92 Å². The monoisotopic (exact) mass is 290 g/mol. The van der Waals surface area contributed by atoms with Crippen LogP contribution in [0.1, 0.15) is 41.0 Å². The van der Waals surface area contributed by atoms with Crippen LogP contribution >= 0.6 is 0 Å². The molecule has 0 aliphatic carbocycles. The zero-order valence-corrected chi connectivity index (χ0v) is 11.8. The van der Waals surface area contributed by atoms with Gasteiger partial charge >= 0.3 is 5.91 Å². The zero-order chi connectivity index (χ0) is 14.7. The van der Waals surface area contributed by atoms with Crippen LogP contribution in [0.4, 0.5) is 0 Å². The first-order valence-electron chi connectivity index (χ1n) is 7.05. The highest BCUT2D eigenvalue weighted by molar-refractivity contribution is 5.89. The molecule has 2 aromatic heterocycles. The largest absolute Gasteiger partial charge is 0.438 e. The molecule has 21 heavy (non-hydrogen) atoms. The van der Waals surface area contributed by atoms with Gasteiger partial charge in [0.2, 0.25) is 0 Å². The molecule has 0 radical (unpaired) electrons. The molecule has 0 bridgehead atoms. The van der Waals surface area contributed by atoms with Gasteiger partial charge in [-0.3, -0.25) is 9.89 Å². The lowest BCUT2D eigenvalue weighted by Gasteiger charge is -2.31. The highest BCUT2D eigenvalue weighted by atomic mass is 16.5. The first kappa shape index (κ1) is 13.8. The summed E-state index contributed by atoms with van der Waals surface area (Å²) in [4.78, 5) is 15.9. The number of amides is 1. The number of oxazole rings is 1. The van der Waals surface area contributed by atoms with Crippen molar-refractivity contribution in [1.29, 1.82) is 0 Å². The van der Waals surface area contributed by atoms with Crippen LogP contribution in [0.3, 0.4) is 0 Å². The van der Waals surface area contributed by atoms with E-state index in [0.29, 0.717) is 12.3 Å². The van der Waals surface area contributed by atoms with E-state index in [4.69, 9.17) is 9.15 Å². The molecule has 7 heteroatoms. The Balaban J connectivity index is 1.61. The maximum atomic E-state index is 12.0. The molecule has 112 valence electrons. The van der Waals surface area contributed by atoms with Gasteiger partial charge in [0.05, 0.1) is 18.5 Å². The van der Waals surface area contributed by atoms with Crippen LogP contribution in [0.2, 0.25) is 0 Å². The molecule has 1 aliphatic rings. The molecule has 2 atom stereocenters. The molecule has 7 nitrogen and oxygen atoms in total. The summed E-state index contributed by atoms with van der Waals surface area (Å²) in [7, 11) is 0. The van der Waals surface area contributed by atoms with E-state index in [2.05, 4.69) is 20.5 Å². The molecule has 1 aliphatic heterocycles. The fraction of sp³-hybridized carbons (Fsp3) is 0.500. The smallest absolute Gasteiger partial charge is 0.307 e. The SMILES string of the molecule is Cc1cnc(C(=O)NC[C@@H]2CCCO[C@H]2c2cn[nH]c2)o1. The van der Waals surface area contributed by atoms with Gasteiger partial charge in [0, 0.05) is 30.8 Å². The quantitative estimate of drug-likeness (QED) is 0.892. The third kappa shape index (κ3) is 3.13. The second kappa shape index (κ2) is 6.09. The van der Waals surface area contributed by atoms with E-state index >= 15 is 0 Å². The van der Waals surface area contributed by atoms with Crippen molar-refractivity contribution in [3.8, 4) is 0 Å². The van der Waals surface area contributed by atoms with Gasteiger partial charge in [-0.05, 0) is 19.8 Å². The summed E-state index contributed by atoms with van der Waals surface area (Å²) in [5.74, 6) is 0.650. The van der Waals surface area contributed by atoms with Crippen molar-refractivity contribution in [3.63, 3.8) is 0 Å². The van der Waals surface area contributed by atoms with Crippen molar-refractivity contribution < 1.29 is 13.9 Å². The summed E-state index contributed by atoms with van der Waals surface area (Å²) in [6.45, 7) is 3.02. The van der Waals surface area contributed by atoms with Crippen molar-refractivity contribution in [3.05, 3.63) is 35.8 Å². The van der Waals surface area contributed by atoms with Crippen molar-refractivity contribution in [1.82, 2.24) is 20.5 Å². The number of ether oxygens (including phenoxy) is 1. The van der Waals surface area contributed by atoms with Crippen LogP contribution < -0.4 is 5.32 Å². The second-order valence-corrected chi connectivity index (χ2v) is 5.21. The van der Waals surface area contributed by atoms with Gasteiger partial charge in [0.25, 0.3) is 5.89 Å². The number of rotatable bonds is 4. The second-order valence-electron chi connectivity index (χ2n) is 5.21. The standard InChI is InChI=1S/C14H18N4O3/c1-9-5-16-14(21-9)13(19)15-6-10-3-2-4-20-12(10)11-7-17-18-8-11/h5,7-8,10,12H,2-4,6H2,1H3,(H,15,19)(H,17,18)/t10-,12+/m0/s1. The molecule has 0 saturated carbocycles. The van der Waals surface area contributed by atoms with Crippen molar-refractivity contribution in [2.45, 2.75) is 25.9 Å². The molecule has 1 fully saturated rings. The van der Waals surface area contributed by atoms with E-state index in [-0.39, 0.29) is 23.8 Å². The van der Waals surface area contributed by atoms with Crippen LogP contribution in [0, 0.1) is 12.8 Å². The molecular weight excluding hydrogens is 272 g/mol. The van der Waals surface area contributed by atoms with Gasteiger partial charge < -0.3 is 14.5 Å². The van der Waals surface area contributed by atoms with Gasteiger partial charge in [-0.15, -0.1) is 0 Å². The molecule has 3 rings (SSSR count). The number of carbonyl (C=O) groups excluding carboxylic acids is 1. The summed E-state index contributed by atoms with van der Waals surface area (Å²) in [6, 6.07) is 0. The normalized spacial score (nSPS) is 22.1.